The topological polar surface area (TPSA) is 107 Å². The lowest BCUT2D eigenvalue weighted by atomic mass is 9.86. The first-order valence-electron chi connectivity index (χ1n) is 13.5. The molecule has 9 heteroatoms. The van der Waals surface area contributed by atoms with Gasteiger partial charge in [0.2, 0.25) is 0 Å². The van der Waals surface area contributed by atoms with Crippen LogP contribution in [-0.4, -0.2) is 77.2 Å². The lowest BCUT2D eigenvalue weighted by molar-refractivity contribution is -0.142. The summed E-state index contributed by atoms with van der Waals surface area (Å²) in [6.07, 6.45) is 5.19. The van der Waals surface area contributed by atoms with Gasteiger partial charge in [0.15, 0.2) is 5.78 Å². The fourth-order valence-corrected chi connectivity index (χ4v) is 3.02. The standard InChI is InChI=1S/C32H48O9/c1-24(2)28(9)39-16-11-10-14-32(21-36-15-12-13-29(33)25(3)4,22-37-17-19-40-30(34)26(5)6)23-38-18-20-41-31(35)27(7)8/h10-11H,1,3,5,7,9,12-23H2,2,4,6,8H3/b11-10+. The quantitative estimate of drug-likeness (QED) is 0.0360. The third kappa shape index (κ3) is 18.7. The van der Waals surface area contributed by atoms with Crippen molar-refractivity contribution in [3.8, 4) is 0 Å². The maximum absolute atomic E-state index is 11.9. The Morgan fingerprint density at radius 2 is 1.10 bits per heavy atom. The Hall–Kier alpha value is -3.27. The molecule has 0 radical (unpaired) electrons. The molecule has 0 aliphatic rings. The maximum Gasteiger partial charge on any atom is 0.333 e. The van der Waals surface area contributed by atoms with Crippen molar-refractivity contribution in [3.63, 3.8) is 0 Å². The Morgan fingerprint density at radius 3 is 1.54 bits per heavy atom. The molecular weight excluding hydrogens is 528 g/mol. The largest absolute Gasteiger partial charge is 0.490 e. The van der Waals surface area contributed by atoms with E-state index >= 15 is 0 Å². The Balaban J connectivity index is 5.39. The van der Waals surface area contributed by atoms with Gasteiger partial charge >= 0.3 is 11.9 Å². The highest BCUT2D eigenvalue weighted by atomic mass is 16.6. The second kappa shape index (κ2) is 21.5. The minimum atomic E-state index is -0.642. The van der Waals surface area contributed by atoms with E-state index in [0.717, 1.165) is 5.57 Å². The number of ketones is 1. The molecule has 0 amide bonds. The molecule has 0 rings (SSSR count). The SMILES string of the molecule is C=C(C)C(=C)OC/C=C/CC(COCCCC(=O)C(=C)C)(COCCOC(=O)C(=C)C)COCCOC(=O)C(=C)C. The van der Waals surface area contributed by atoms with E-state index in [4.69, 9.17) is 28.4 Å². The lowest BCUT2D eigenvalue weighted by Gasteiger charge is -2.32. The first-order valence-corrected chi connectivity index (χ1v) is 13.5. The molecule has 0 aromatic carbocycles. The van der Waals surface area contributed by atoms with Gasteiger partial charge in [0, 0.05) is 29.6 Å². The van der Waals surface area contributed by atoms with E-state index in [9.17, 15) is 14.4 Å². The zero-order valence-electron chi connectivity index (χ0n) is 25.3. The molecule has 0 saturated carbocycles. The van der Waals surface area contributed by atoms with Gasteiger partial charge in [-0.05, 0) is 51.7 Å². The maximum atomic E-state index is 11.9. The predicted molar refractivity (Wildman–Crippen MR) is 159 cm³/mol. The molecule has 0 aliphatic carbocycles. The molecule has 41 heavy (non-hydrogen) atoms. The first-order chi connectivity index (χ1) is 19.3. The number of hydrogen-bond acceptors (Lipinski definition) is 9. The highest BCUT2D eigenvalue weighted by Crippen LogP contribution is 2.26. The number of carbonyl (C=O) groups excluding carboxylic acids is 3. The zero-order valence-corrected chi connectivity index (χ0v) is 25.3. The number of ether oxygens (including phenoxy) is 6. The van der Waals surface area contributed by atoms with Gasteiger partial charge in [-0.25, -0.2) is 9.59 Å². The van der Waals surface area contributed by atoms with Gasteiger partial charge in [0.05, 0.1) is 33.0 Å². The smallest absolute Gasteiger partial charge is 0.333 e. The molecule has 0 N–H and O–H groups in total. The molecule has 9 nitrogen and oxygen atoms in total. The van der Waals surface area contributed by atoms with E-state index < -0.39 is 17.4 Å². The normalized spacial score (nSPS) is 11.1. The van der Waals surface area contributed by atoms with Crippen LogP contribution in [0.4, 0.5) is 0 Å². The second-order valence-corrected chi connectivity index (χ2v) is 9.99. The Labute approximate surface area is 245 Å². The van der Waals surface area contributed by atoms with Gasteiger partial charge in [-0.3, -0.25) is 4.79 Å². The molecule has 0 saturated heterocycles. The van der Waals surface area contributed by atoms with Crippen molar-refractivity contribution in [2.75, 3.05) is 59.5 Å². The molecule has 0 heterocycles. The third-order valence-electron chi connectivity index (χ3n) is 5.56. The molecule has 0 aromatic rings. The minimum Gasteiger partial charge on any atom is -0.490 e. The van der Waals surface area contributed by atoms with E-state index in [1.54, 1.807) is 20.8 Å². The van der Waals surface area contributed by atoms with E-state index in [-0.39, 0.29) is 52.0 Å². The van der Waals surface area contributed by atoms with Crippen LogP contribution in [0.3, 0.4) is 0 Å². The van der Waals surface area contributed by atoms with Gasteiger partial charge in [-0.15, -0.1) is 0 Å². The molecule has 0 unspecified atom stereocenters. The van der Waals surface area contributed by atoms with Crippen molar-refractivity contribution in [2.24, 2.45) is 5.41 Å². The van der Waals surface area contributed by atoms with E-state index in [2.05, 4.69) is 32.9 Å². The average molecular weight is 577 g/mol. The fourth-order valence-electron chi connectivity index (χ4n) is 3.02. The van der Waals surface area contributed by atoms with Gasteiger partial charge in [-0.2, -0.15) is 0 Å². The molecular formula is C32H48O9. The van der Waals surface area contributed by atoms with Crippen molar-refractivity contribution >= 4 is 17.7 Å². The number of Topliss-reactive ketones (excluding diaryl/α,β-unsaturated/α-hetero) is 1. The summed E-state index contributed by atoms with van der Waals surface area (Å²) in [5.41, 5.74) is 1.23. The summed E-state index contributed by atoms with van der Waals surface area (Å²) in [5.74, 6) is -0.466. The van der Waals surface area contributed by atoms with Gasteiger partial charge in [0.1, 0.15) is 25.6 Å². The van der Waals surface area contributed by atoms with Crippen LogP contribution >= 0.6 is 0 Å². The van der Waals surface area contributed by atoms with Crippen molar-refractivity contribution in [2.45, 2.75) is 47.0 Å². The molecule has 0 fully saturated rings. The first kappa shape index (κ1) is 37.7. The lowest BCUT2D eigenvalue weighted by Crippen LogP contribution is -2.38. The summed E-state index contributed by atoms with van der Waals surface area (Å²) in [7, 11) is 0. The minimum absolute atomic E-state index is 0.000529. The molecule has 0 aliphatic heterocycles. The van der Waals surface area contributed by atoms with Crippen LogP contribution in [0.2, 0.25) is 0 Å². The summed E-state index contributed by atoms with van der Waals surface area (Å²) in [5, 5.41) is 0. The predicted octanol–water partition coefficient (Wildman–Crippen LogP) is 5.24. The number of allylic oxidation sites excluding steroid dienone is 3. The van der Waals surface area contributed by atoms with Crippen LogP contribution in [-0.2, 0) is 42.8 Å². The Bertz CT molecular complexity index is 870. The number of esters is 2. The average Bonchev–Trinajstić information content (AvgIpc) is 2.91. The summed E-state index contributed by atoms with van der Waals surface area (Å²) >= 11 is 0. The summed E-state index contributed by atoms with van der Waals surface area (Å²) in [6.45, 7) is 26.9. The monoisotopic (exact) mass is 576 g/mol. The van der Waals surface area contributed by atoms with Crippen molar-refractivity contribution < 1.29 is 42.8 Å². The van der Waals surface area contributed by atoms with Crippen LogP contribution in [0.15, 0.2) is 73.1 Å². The van der Waals surface area contributed by atoms with Crippen LogP contribution in [0.1, 0.15) is 47.0 Å². The zero-order chi connectivity index (χ0) is 31.3. The summed E-state index contributed by atoms with van der Waals surface area (Å²) < 4.78 is 33.6. The van der Waals surface area contributed by atoms with Crippen LogP contribution < -0.4 is 0 Å². The van der Waals surface area contributed by atoms with Crippen LogP contribution in [0, 0.1) is 5.41 Å². The number of rotatable bonds is 25. The summed E-state index contributed by atoms with van der Waals surface area (Å²) in [6, 6.07) is 0. The Morgan fingerprint density at radius 1 is 0.610 bits per heavy atom. The molecule has 0 spiro atoms. The van der Waals surface area contributed by atoms with Crippen LogP contribution in [0.25, 0.3) is 0 Å². The van der Waals surface area contributed by atoms with Gasteiger partial charge < -0.3 is 28.4 Å². The van der Waals surface area contributed by atoms with Gasteiger partial charge in [0.25, 0.3) is 0 Å². The molecule has 230 valence electrons. The van der Waals surface area contributed by atoms with E-state index in [1.165, 1.54) is 0 Å². The molecule has 0 bridgehead atoms. The number of carbonyl (C=O) groups is 3. The molecule has 0 atom stereocenters. The third-order valence-corrected chi connectivity index (χ3v) is 5.56. The number of hydrogen-bond donors (Lipinski definition) is 0. The highest BCUT2D eigenvalue weighted by Gasteiger charge is 2.31. The molecule has 0 aromatic heterocycles. The summed E-state index contributed by atoms with van der Waals surface area (Å²) in [4.78, 5) is 35.2. The fraction of sp³-hybridized carbons (Fsp3) is 0.531. The second-order valence-electron chi connectivity index (χ2n) is 9.99. The highest BCUT2D eigenvalue weighted by molar-refractivity contribution is 5.94. The van der Waals surface area contributed by atoms with E-state index in [0.29, 0.717) is 55.0 Å². The van der Waals surface area contributed by atoms with E-state index in [1.807, 2.05) is 19.1 Å². The van der Waals surface area contributed by atoms with Gasteiger partial charge in [-0.1, -0.05) is 45.0 Å². The Kier molecular flexibility index (Phi) is 19.8. The van der Waals surface area contributed by atoms with Crippen LogP contribution in [0.5, 0.6) is 0 Å². The van der Waals surface area contributed by atoms with Crippen molar-refractivity contribution in [1.29, 1.82) is 0 Å². The van der Waals surface area contributed by atoms with Crippen molar-refractivity contribution in [1.82, 2.24) is 0 Å². The van der Waals surface area contributed by atoms with Crippen molar-refractivity contribution in [3.05, 3.63) is 73.1 Å².